The normalized spacial score (nSPS) is 10.5. The fourth-order valence-electron chi connectivity index (χ4n) is 2.50. The van der Waals surface area contributed by atoms with Crippen molar-refractivity contribution in [1.82, 2.24) is 0 Å². The topological polar surface area (TPSA) is 35.2 Å². The van der Waals surface area contributed by atoms with Gasteiger partial charge in [0.15, 0.2) is 0 Å². The molecule has 0 bridgehead atoms. The lowest BCUT2D eigenvalue weighted by atomic mass is 10.0. The molecule has 0 fully saturated rings. The molecule has 0 radical (unpaired) electrons. The highest BCUT2D eigenvalue weighted by atomic mass is 32.1. The summed E-state index contributed by atoms with van der Waals surface area (Å²) in [6, 6.07) is 10.2. The molecule has 0 saturated carbocycles. The molecule has 21 heavy (non-hydrogen) atoms. The van der Waals surface area contributed by atoms with Crippen LogP contribution in [-0.4, -0.2) is 4.99 Å². The molecule has 0 aliphatic carbocycles. The summed E-state index contributed by atoms with van der Waals surface area (Å²) in [5, 5.41) is 0. The first-order valence-corrected chi connectivity index (χ1v) is 7.39. The van der Waals surface area contributed by atoms with Crippen LogP contribution >= 0.6 is 12.2 Å². The summed E-state index contributed by atoms with van der Waals surface area (Å²) in [6.45, 7) is 8.93. The van der Waals surface area contributed by atoms with Gasteiger partial charge in [-0.05, 0) is 56.0 Å². The highest BCUT2D eigenvalue weighted by Crippen LogP contribution is 2.23. The van der Waals surface area contributed by atoms with Crippen molar-refractivity contribution in [3.05, 3.63) is 63.7 Å². The van der Waals surface area contributed by atoms with E-state index >= 15 is 0 Å². The van der Waals surface area contributed by atoms with Crippen molar-refractivity contribution in [3.63, 3.8) is 0 Å². The number of nitrogens with two attached hydrogens (primary N) is 1. The van der Waals surface area contributed by atoms with E-state index in [1.54, 1.807) is 0 Å². The van der Waals surface area contributed by atoms with Crippen LogP contribution in [0.5, 0.6) is 5.75 Å². The van der Waals surface area contributed by atoms with Gasteiger partial charge in [-0.25, -0.2) is 0 Å². The van der Waals surface area contributed by atoms with Gasteiger partial charge in [-0.1, -0.05) is 42.0 Å². The first-order chi connectivity index (χ1) is 9.88. The Morgan fingerprint density at radius 3 is 2.19 bits per heavy atom. The van der Waals surface area contributed by atoms with Gasteiger partial charge in [0.1, 0.15) is 17.3 Å². The van der Waals surface area contributed by atoms with E-state index in [-0.39, 0.29) is 0 Å². The van der Waals surface area contributed by atoms with Crippen molar-refractivity contribution in [2.45, 2.75) is 34.3 Å². The molecule has 0 aliphatic rings. The molecule has 0 aromatic heterocycles. The molecule has 110 valence electrons. The summed E-state index contributed by atoms with van der Waals surface area (Å²) in [7, 11) is 0. The SMILES string of the molecule is Cc1cc(C)c(COc2cc(C(N)=S)ccc2C)c(C)c1. The molecule has 2 aromatic rings. The van der Waals surface area contributed by atoms with E-state index in [0.717, 1.165) is 16.9 Å². The second-order valence-electron chi connectivity index (χ2n) is 5.51. The number of aryl methyl sites for hydroxylation is 4. The van der Waals surface area contributed by atoms with Crippen molar-refractivity contribution in [3.8, 4) is 5.75 Å². The van der Waals surface area contributed by atoms with E-state index in [2.05, 4.69) is 32.9 Å². The molecule has 0 saturated heterocycles. The predicted octanol–water partition coefficient (Wildman–Crippen LogP) is 4.13. The van der Waals surface area contributed by atoms with Crippen molar-refractivity contribution < 1.29 is 4.74 Å². The Balaban J connectivity index is 2.24. The summed E-state index contributed by atoms with van der Waals surface area (Å²) in [6.07, 6.45) is 0. The molecule has 2 nitrogen and oxygen atoms in total. The standard InChI is InChI=1S/C18H21NOS/c1-11-7-13(3)16(14(4)8-11)10-20-17-9-15(18(19)21)6-5-12(17)2/h5-9H,10H2,1-4H3,(H2,19,21). The number of ether oxygens (including phenoxy) is 1. The van der Waals surface area contributed by atoms with E-state index < -0.39 is 0 Å². The molecule has 0 amide bonds. The maximum Gasteiger partial charge on any atom is 0.123 e. The van der Waals surface area contributed by atoms with E-state index in [4.69, 9.17) is 22.7 Å². The molecule has 2 N–H and O–H groups in total. The third-order valence-electron chi connectivity index (χ3n) is 3.69. The van der Waals surface area contributed by atoms with E-state index in [1.807, 2.05) is 25.1 Å². The minimum Gasteiger partial charge on any atom is -0.489 e. The lowest BCUT2D eigenvalue weighted by molar-refractivity contribution is 0.302. The monoisotopic (exact) mass is 299 g/mol. The lowest BCUT2D eigenvalue weighted by Crippen LogP contribution is -2.10. The van der Waals surface area contributed by atoms with Gasteiger partial charge in [-0.15, -0.1) is 0 Å². The largest absolute Gasteiger partial charge is 0.489 e. The fourth-order valence-corrected chi connectivity index (χ4v) is 2.62. The smallest absolute Gasteiger partial charge is 0.123 e. The predicted molar refractivity (Wildman–Crippen MR) is 92.1 cm³/mol. The molecule has 2 aromatic carbocycles. The molecule has 0 heterocycles. The third kappa shape index (κ3) is 3.61. The highest BCUT2D eigenvalue weighted by molar-refractivity contribution is 7.80. The van der Waals surface area contributed by atoms with Crippen LogP contribution in [0.2, 0.25) is 0 Å². The van der Waals surface area contributed by atoms with Crippen molar-refractivity contribution in [2.24, 2.45) is 5.73 Å². The summed E-state index contributed by atoms with van der Waals surface area (Å²) in [5.74, 6) is 0.833. The number of hydrogen-bond acceptors (Lipinski definition) is 2. The van der Waals surface area contributed by atoms with Crippen molar-refractivity contribution in [1.29, 1.82) is 0 Å². The maximum absolute atomic E-state index is 6.00. The zero-order valence-electron chi connectivity index (χ0n) is 13.0. The summed E-state index contributed by atoms with van der Waals surface area (Å²) >= 11 is 5.02. The Morgan fingerprint density at radius 2 is 1.62 bits per heavy atom. The van der Waals surface area contributed by atoms with Gasteiger partial charge in [0.2, 0.25) is 0 Å². The summed E-state index contributed by atoms with van der Waals surface area (Å²) < 4.78 is 6.00. The number of thiocarbonyl (C=S) groups is 1. The van der Waals surface area contributed by atoms with E-state index in [9.17, 15) is 0 Å². The van der Waals surface area contributed by atoms with Gasteiger partial charge in [-0.2, -0.15) is 0 Å². The Morgan fingerprint density at radius 1 is 1.00 bits per heavy atom. The number of rotatable bonds is 4. The summed E-state index contributed by atoms with van der Waals surface area (Å²) in [5.41, 5.74) is 12.6. The van der Waals surface area contributed by atoms with Crippen LogP contribution in [0.4, 0.5) is 0 Å². The van der Waals surface area contributed by atoms with Crippen LogP contribution in [0, 0.1) is 27.7 Å². The molecule has 3 heteroatoms. The molecular weight excluding hydrogens is 278 g/mol. The van der Waals surface area contributed by atoms with Crippen LogP contribution in [-0.2, 0) is 6.61 Å². The Hall–Kier alpha value is -1.87. The first kappa shape index (κ1) is 15.5. The molecule has 2 rings (SSSR count). The maximum atomic E-state index is 6.00. The van der Waals surface area contributed by atoms with Crippen LogP contribution in [0.3, 0.4) is 0 Å². The lowest BCUT2D eigenvalue weighted by Gasteiger charge is -2.15. The highest BCUT2D eigenvalue weighted by Gasteiger charge is 2.08. The van der Waals surface area contributed by atoms with E-state index in [0.29, 0.717) is 11.6 Å². The summed E-state index contributed by atoms with van der Waals surface area (Å²) in [4.78, 5) is 0.391. The second kappa shape index (κ2) is 6.27. The Bertz CT molecular complexity index is 669. The van der Waals surface area contributed by atoms with Gasteiger partial charge in [-0.3, -0.25) is 0 Å². The zero-order chi connectivity index (χ0) is 15.6. The number of benzene rings is 2. The van der Waals surface area contributed by atoms with Gasteiger partial charge < -0.3 is 10.5 Å². The van der Waals surface area contributed by atoms with E-state index in [1.165, 1.54) is 22.3 Å². The molecule has 0 aliphatic heterocycles. The molecule has 0 unspecified atom stereocenters. The average Bonchev–Trinajstić information content (AvgIpc) is 2.39. The van der Waals surface area contributed by atoms with Crippen molar-refractivity contribution >= 4 is 17.2 Å². The number of hydrogen-bond donors (Lipinski definition) is 1. The van der Waals surface area contributed by atoms with Crippen LogP contribution in [0.25, 0.3) is 0 Å². The minimum absolute atomic E-state index is 0.391. The van der Waals surface area contributed by atoms with Gasteiger partial charge in [0.25, 0.3) is 0 Å². The van der Waals surface area contributed by atoms with Crippen LogP contribution in [0.1, 0.15) is 33.4 Å². The zero-order valence-corrected chi connectivity index (χ0v) is 13.8. The van der Waals surface area contributed by atoms with Gasteiger partial charge in [0, 0.05) is 5.56 Å². The first-order valence-electron chi connectivity index (χ1n) is 6.98. The fraction of sp³-hybridized carbons (Fsp3) is 0.278. The van der Waals surface area contributed by atoms with Gasteiger partial charge >= 0.3 is 0 Å². The van der Waals surface area contributed by atoms with Crippen LogP contribution < -0.4 is 10.5 Å². The van der Waals surface area contributed by atoms with Gasteiger partial charge in [0.05, 0.1) is 0 Å². The molecule has 0 atom stereocenters. The quantitative estimate of drug-likeness (QED) is 0.862. The third-order valence-corrected chi connectivity index (χ3v) is 3.92. The van der Waals surface area contributed by atoms with Crippen LogP contribution in [0.15, 0.2) is 30.3 Å². The second-order valence-corrected chi connectivity index (χ2v) is 5.95. The molecule has 0 spiro atoms. The Kier molecular flexibility index (Phi) is 4.63. The Labute approximate surface area is 131 Å². The minimum atomic E-state index is 0.391. The average molecular weight is 299 g/mol. The molecular formula is C18H21NOS. The van der Waals surface area contributed by atoms with Crippen molar-refractivity contribution in [2.75, 3.05) is 0 Å².